The van der Waals surface area contributed by atoms with Crippen molar-refractivity contribution < 1.29 is 24.2 Å². The summed E-state index contributed by atoms with van der Waals surface area (Å²) in [4.78, 5) is 26.4. The van der Waals surface area contributed by atoms with Gasteiger partial charge in [0.05, 0.1) is 24.3 Å². The molecule has 2 aromatic rings. The zero-order valence-corrected chi connectivity index (χ0v) is 15.1. The first-order chi connectivity index (χ1) is 12.6. The number of thioether (sulfide) groups is 1. The third kappa shape index (κ3) is 3.25. The molecule has 0 bridgehead atoms. The fourth-order valence-corrected chi connectivity index (χ4v) is 3.38. The predicted octanol–water partition coefficient (Wildman–Crippen LogP) is 4.04. The van der Waals surface area contributed by atoms with Crippen LogP contribution < -0.4 is 14.4 Å². The van der Waals surface area contributed by atoms with E-state index in [1.165, 1.54) is 13.2 Å². The Morgan fingerprint density at radius 2 is 1.85 bits per heavy atom. The molecule has 6 nitrogen and oxygen atoms in total. The van der Waals surface area contributed by atoms with E-state index in [1.54, 1.807) is 42.5 Å². The van der Waals surface area contributed by atoms with E-state index >= 15 is 0 Å². The second-order valence-corrected chi connectivity index (χ2v) is 6.31. The molecule has 1 N–H and O–H groups in total. The first-order valence-corrected chi connectivity index (χ1v) is 8.74. The van der Waals surface area contributed by atoms with Crippen LogP contribution in [0.25, 0.3) is 6.08 Å². The second kappa shape index (κ2) is 7.53. The van der Waals surface area contributed by atoms with E-state index in [2.05, 4.69) is 0 Å². The summed E-state index contributed by atoms with van der Waals surface area (Å²) in [6.07, 6.45) is 1.48. The van der Waals surface area contributed by atoms with Crippen molar-refractivity contribution in [2.75, 3.05) is 18.6 Å². The maximum Gasteiger partial charge on any atom is 0.298 e. The molecule has 1 aliphatic rings. The van der Waals surface area contributed by atoms with Crippen LogP contribution in [0.2, 0.25) is 0 Å². The number of phenols is 1. The largest absolute Gasteiger partial charge is 0.504 e. The summed E-state index contributed by atoms with van der Waals surface area (Å²) in [6.45, 7) is 2.21. The average Bonchev–Trinajstić information content (AvgIpc) is 2.92. The molecule has 7 heteroatoms. The minimum absolute atomic E-state index is 0.0709. The van der Waals surface area contributed by atoms with Gasteiger partial charge in [0.15, 0.2) is 11.5 Å². The number of nitrogens with zero attached hydrogens (tertiary/aromatic N) is 1. The summed E-state index contributed by atoms with van der Waals surface area (Å²) in [5.41, 5.74) is 0.787. The molecule has 0 aliphatic carbocycles. The van der Waals surface area contributed by atoms with Gasteiger partial charge in [-0.1, -0.05) is 24.3 Å². The van der Waals surface area contributed by atoms with Crippen LogP contribution in [0.4, 0.5) is 10.5 Å². The Morgan fingerprint density at radius 3 is 2.58 bits per heavy atom. The number of amides is 2. The summed E-state index contributed by atoms with van der Waals surface area (Å²) in [7, 11) is 1.48. The van der Waals surface area contributed by atoms with Crippen molar-refractivity contribution in [1.82, 2.24) is 0 Å². The molecule has 0 unspecified atom stereocenters. The summed E-state index contributed by atoms with van der Waals surface area (Å²) < 4.78 is 10.6. The van der Waals surface area contributed by atoms with Gasteiger partial charge in [-0.3, -0.25) is 9.59 Å². The highest BCUT2D eigenvalue weighted by atomic mass is 32.2. The number of carbonyl (C=O) groups is 2. The van der Waals surface area contributed by atoms with Crippen LogP contribution in [0.3, 0.4) is 0 Å². The fourth-order valence-electron chi connectivity index (χ4n) is 2.56. The van der Waals surface area contributed by atoms with Crippen molar-refractivity contribution in [3.63, 3.8) is 0 Å². The van der Waals surface area contributed by atoms with Gasteiger partial charge >= 0.3 is 0 Å². The van der Waals surface area contributed by atoms with Crippen molar-refractivity contribution in [3.8, 4) is 17.2 Å². The Labute approximate surface area is 155 Å². The van der Waals surface area contributed by atoms with Crippen LogP contribution in [0.15, 0.2) is 47.4 Å². The van der Waals surface area contributed by atoms with Gasteiger partial charge < -0.3 is 14.6 Å². The Hall–Kier alpha value is -2.93. The third-order valence-corrected chi connectivity index (χ3v) is 4.61. The van der Waals surface area contributed by atoms with Crippen molar-refractivity contribution in [1.29, 1.82) is 0 Å². The van der Waals surface area contributed by atoms with Gasteiger partial charge in [0.25, 0.3) is 11.1 Å². The summed E-state index contributed by atoms with van der Waals surface area (Å²) >= 11 is 0.810. The number of rotatable bonds is 5. The number of benzene rings is 2. The van der Waals surface area contributed by atoms with Crippen LogP contribution in [0, 0.1) is 0 Å². The van der Waals surface area contributed by atoms with E-state index in [-0.39, 0.29) is 10.7 Å². The maximum atomic E-state index is 12.8. The summed E-state index contributed by atoms with van der Waals surface area (Å²) in [6, 6.07) is 11.8. The Bertz CT molecular complexity index is 893. The number of phenolic OH excluding ortho intramolecular Hbond substituents is 1. The van der Waals surface area contributed by atoms with Crippen LogP contribution >= 0.6 is 11.8 Å². The number of para-hydroxylation sites is 3. The monoisotopic (exact) mass is 371 g/mol. The normalized spacial score (nSPS) is 15.6. The third-order valence-electron chi connectivity index (χ3n) is 3.74. The van der Waals surface area contributed by atoms with Gasteiger partial charge in [-0.25, -0.2) is 4.90 Å². The van der Waals surface area contributed by atoms with E-state index in [9.17, 15) is 14.7 Å². The van der Waals surface area contributed by atoms with Gasteiger partial charge in [-0.2, -0.15) is 0 Å². The lowest BCUT2D eigenvalue weighted by Crippen LogP contribution is -2.28. The smallest absolute Gasteiger partial charge is 0.298 e. The van der Waals surface area contributed by atoms with Crippen molar-refractivity contribution in [3.05, 3.63) is 52.9 Å². The fraction of sp³-hybridized carbons (Fsp3) is 0.158. The second-order valence-electron chi connectivity index (χ2n) is 5.32. The molecular weight excluding hydrogens is 354 g/mol. The number of hydrogen-bond acceptors (Lipinski definition) is 6. The number of imide groups is 1. The minimum Gasteiger partial charge on any atom is -0.504 e. The van der Waals surface area contributed by atoms with Gasteiger partial charge in [-0.15, -0.1) is 0 Å². The van der Waals surface area contributed by atoms with E-state index in [4.69, 9.17) is 9.47 Å². The van der Waals surface area contributed by atoms with Crippen LogP contribution in [-0.2, 0) is 4.79 Å². The van der Waals surface area contributed by atoms with Crippen molar-refractivity contribution >= 4 is 34.7 Å². The molecule has 134 valence electrons. The first-order valence-electron chi connectivity index (χ1n) is 7.92. The first kappa shape index (κ1) is 17.9. The highest BCUT2D eigenvalue weighted by molar-refractivity contribution is 8.19. The van der Waals surface area contributed by atoms with Gasteiger partial charge in [0, 0.05) is 5.56 Å². The molecule has 0 atom stereocenters. The number of anilines is 1. The van der Waals surface area contributed by atoms with Gasteiger partial charge in [0.1, 0.15) is 5.75 Å². The van der Waals surface area contributed by atoms with Crippen LogP contribution in [-0.4, -0.2) is 30.0 Å². The molecule has 0 radical (unpaired) electrons. The van der Waals surface area contributed by atoms with Crippen molar-refractivity contribution in [2.24, 2.45) is 0 Å². The molecule has 0 aromatic heterocycles. The summed E-state index contributed by atoms with van der Waals surface area (Å²) in [5, 5.41) is 9.86. The van der Waals surface area contributed by atoms with E-state index in [0.717, 1.165) is 16.7 Å². The number of aromatic hydroxyl groups is 1. The zero-order chi connectivity index (χ0) is 18.7. The molecule has 0 saturated carbocycles. The van der Waals surface area contributed by atoms with Crippen LogP contribution in [0.1, 0.15) is 12.5 Å². The molecule has 0 spiro atoms. The topological polar surface area (TPSA) is 76.1 Å². The standard InChI is InChI=1S/C19H17NO5S/c1-3-25-15-10-6-7-12(17(15)21)11-16-18(22)20(19(23)26-16)13-8-4-5-9-14(13)24-2/h4-11,21H,3H2,1-2H3/b16-11-. The zero-order valence-electron chi connectivity index (χ0n) is 14.3. The highest BCUT2D eigenvalue weighted by Crippen LogP contribution is 2.41. The van der Waals surface area contributed by atoms with Gasteiger partial charge in [0.2, 0.25) is 0 Å². The predicted molar refractivity (Wildman–Crippen MR) is 101 cm³/mol. The molecular formula is C19H17NO5S. The van der Waals surface area contributed by atoms with Crippen LogP contribution in [0.5, 0.6) is 17.2 Å². The van der Waals surface area contributed by atoms with Crippen molar-refractivity contribution in [2.45, 2.75) is 6.92 Å². The maximum absolute atomic E-state index is 12.8. The quantitative estimate of drug-likeness (QED) is 0.800. The van der Waals surface area contributed by atoms with E-state index in [0.29, 0.717) is 29.4 Å². The molecule has 1 saturated heterocycles. The van der Waals surface area contributed by atoms with E-state index in [1.807, 2.05) is 6.92 Å². The van der Waals surface area contributed by atoms with E-state index < -0.39 is 11.1 Å². The highest BCUT2D eigenvalue weighted by Gasteiger charge is 2.37. The molecule has 1 fully saturated rings. The molecule has 3 rings (SSSR count). The Kier molecular flexibility index (Phi) is 5.18. The lowest BCUT2D eigenvalue weighted by atomic mass is 10.1. The molecule has 26 heavy (non-hydrogen) atoms. The molecule has 1 heterocycles. The summed E-state index contributed by atoms with van der Waals surface area (Å²) in [5.74, 6) is 0.214. The number of hydrogen-bond donors (Lipinski definition) is 1. The lowest BCUT2D eigenvalue weighted by Gasteiger charge is -2.15. The van der Waals surface area contributed by atoms with Gasteiger partial charge in [-0.05, 0) is 43.0 Å². The Morgan fingerprint density at radius 1 is 1.12 bits per heavy atom. The number of methoxy groups -OCH3 is 1. The Balaban J connectivity index is 1.97. The molecule has 2 amide bonds. The molecule has 2 aromatic carbocycles. The molecule has 1 aliphatic heterocycles. The SMILES string of the molecule is CCOc1cccc(/C=C2\SC(=O)N(c3ccccc3OC)C2=O)c1O. The number of carbonyl (C=O) groups excluding carboxylic acids is 2. The minimum atomic E-state index is -0.467. The average molecular weight is 371 g/mol. The number of ether oxygens (including phenoxy) is 2. The lowest BCUT2D eigenvalue weighted by molar-refractivity contribution is -0.113.